The second kappa shape index (κ2) is 6.64. The Morgan fingerprint density at radius 1 is 1.00 bits per heavy atom. The van der Waals surface area contributed by atoms with Crippen molar-refractivity contribution in [3.05, 3.63) is 35.9 Å². The molecule has 1 aliphatic carbocycles. The number of benzene rings is 1. The van der Waals surface area contributed by atoms with E-state index in [4.69, 9.17) is 0 Å². The van der Waals surface area contributed by atoms with Crippen molar-refractivity contribution in [2.45, 2.75) is 51.1 Å². The van der Waals surface area contributed by atoms with Gasteiger partial charge in [-0.15, -0.1) is 0 Å². The highest BCUT2D eigenvalue weighted by atomic mass is 16.2. The van der Waals surface area contributed by atoms with E-state index in [0.29, 0.717) is 17.9 Å². The molecule has 0 radical (unpaired) electrons. The first-order chi connectivity index (χ1) is 11.3. The van der Waals surface area contributed by atoms with Gasteiger partial charge in [0.25, 0.3) is 0 Å². The molecule has 2 aliphatic heterocycles. The summed E-state index contributed by atoms with van der Waals surface area (Å²) in [5.74, 6) is 1.59. The van der Waals surface area contributed by atoms with Gasteiger partial charge in [0.1, 0.15) is 0 Å². The number of fused-ring (bicyclic) bond motifs is 1. The number of carbonyl (C=O) groups excluding carboxylic acids is 1. The van der Waals surface area contributed by atoms with Crippen LogP contribution in [0.4, 0.5) is 0 Å². The van der Waals surface area contributed by atoms with Crippen molar-refractivity contribution >= 4 is 5.91 Å². The number of amides is 1. The van der Waals surface area contributed by atoms with Crippen molar-refractivity contribution in [1.82, 2.24) is 9.80 Å². The van der Waals surface area contributed by atoms with Crippen LogP contribution in [0.15, 0.2) is 30.3 Å². The first kappa shape index (κ1) is 15.2. The zero-order chi connectivity index (χ0) is 15.6. The second-order valence-electron chi connectivity index (χ2n) is 7.65. The molecule has 0 bridgehead atoms. The second-order valence-corrected chi connectivity index (χ2v) is 7.65. The summed E-state index contributed by atoms with van der Waals surface area (Å²) < 4.78 is 0. The van der Waals surface area contributed by atoms with Gasteiger partial charge in [0.15, 0.2) is 0 Å². The van der Waals surface area contributed by atoms with Crippen LogP contribution in [0.25, 0.3) is 0 Å². The molecule has 2 saturated heterocycles. The Hall–Kier alpha value is -1.35. The summed E-state index contributed by atoms with van der Waals surface area (Å²) >= 11 is 0. The third-order valence-corrected chi connectivity index (χ3v) is 6.15. The van der Waals surface area contributed by atoms with Crippen LogP contribution in [-0.2, 0) is 11.3 Å². The van der Waals surface area contributed by atoms with Crippen molar-refractivity contribution in [1.29, 1.82) is 0 Å². The molecule has 23 heavy (non-hydrogen) atoms. The van der Waals surface area contributed by atoms with Crippen LogP contribution in [0.1, 0.15) is 44.1 Å². The minimum absolute atomic E-state index is 0.322. The van der Waals surface area contributed by atoms with E-state index in [-0.39, 0.29) is 0 Å². The fourth-order valence-corrected chi connectivity index (χ4v) is 4.71. The molecule has 0 spiro atoms. The monoisotopic (exact) mass is 312 g/mol. The van der Waals surface area contributed by atoms with Crippen LogP contribution in [0.5, 0.6) is 0 Å². The van der Waals surface area contributed by atoms with E-state index in [2.05, 4.69) is 40.1 Å². The van der Waals surface area contributed by atoms with Crippen LogP contribution in [-0.4, -0.2) is 41.4 Å². The number of hydrogen-bond donors (Lipinski definition) is 0. The highest BCUT2D eigenvalue weighted by Gasteiger charge is 2.43. The van der Waals surface area contributed by atoms with Crippen LogP contribution in [0.2, 0.25) is 0 Å². The van der Waals surface area contributed by atoms with Crippen molar-refractivity contribution in [2.24, 2.45) is 11.8 Å². The lowest BCUT2D eigenvalue weighted by molar-refractivity contribution is -0.144. The van der Waals surface area contributed by atoms with E-state index in [1.54, 1.807) is 0 Å². The molecule has 1 aromatic rings. The Morgan fingerprint density at radius 3 is 2.57 bits per heavy atom. The first-order valence-corrected chi connectivity index (χ1v) is 9.38. The molecule has 1 saturated carbocycles. The van der Waals surface area contributed by atoms with Crippen LogP contribution in [0, 0.1) is 11.8 Å². The van der Waals surface area contributed by atoms with Gasteiger partial charge in [-0.2, -0.15) is 0 Å². The molecule has 1 amide bonds. The molecule has 3 aliphatic rings. The minimum Gasteiger partial charge on any atom is -0.341 e. The summed E-state index contributed by atoms with van der Waals surface area (Å²) in [5, 5.41) is 0. The van der Waals surface area contributed by atoms with E-state index < -0.39 is 0 Å². The zero-order valence-electron chi connectivity index (χ0n) is 14.0. The molecule has 2 atom stereocenters. The van der Waals surface area contributed by atoms with E-state index in [9.17, 15) is 4.79 Å². The third kappa shape index (κ3) is 3.16. The Labute approximate surface area is 139 Å². The average molecular weight is 312 g/mol. The number of hydrogen-bond acceptors (Lipinski definition) is 2. The summed E-state index contributed by atoms with van der Waals surface area (Å²) in [4.78, 5) is 17.6. The molecule has 2 heterocycles. The van der Waals surface area contributed by atoms with Crippen LogP contribution in [0.3, 0.4) is 0 Å². The number of rotatable bonds is 3. The SMILES string of the molecule is O=C(C1CCCCC1)N1CC[C@@H]2CN(Cc3ccccc3)[C@@H]2C1. The first-order valence-electron chi connectivity index (χ1n) is 9.38. The summed E-state index contributed by atoms with van der Waals surface area (Å²) in [6.45, 7) is 4.21. The smallest absolute Gasteiger partial charge is 0.225 e. The van der Waals surface area contributed by atoms with E-state index in [0.717, 1.165) is 38.4 Å². The van der Waals surface area contributed by atoms with Gasteiger partial charge in [-0.05, 0) is 30.7 Å². The lowest BCUT2D eigenvalue weighted by Gasteiger charge is -2.54. The van der Waals surface area contributed by atoms with Gasteiger partial charge < -0.3 is 4.90 Å². The Kier molecular flexibility index (Phi) is 4.39. The van der Waals surface area contributed by atoms with Crippen molar-refractivity contribution in [3.8, 4) is 0 Å². The fraction of sp³-hybridized carbons (Fsp3) is 0.650. The molecule has 0 N–H and O–H groups in total. The molecular weight excluding hydrogens is 284 g/mol. The quantitative estimate of drug-likeness (QED) is 0.855. The molecule has 0 unspecified atom stereocenters. The Morgan fingerprint density at radius 2 is 1.78 bits per heavy atom. The van der Waals surface area contributed by atoms with Crippen molar-refractivity contribution in [2.75, 3.05) is 19.6 Å². The van der Waals surface area contributed by atoms with Crippen LogP contribution < -0.4 is 0 Å². The number of nitrogens with zero attached hydrogens (tertiary/aromatic N) is 2. The largest absolute Gasteiger partial charge is 0.341 e. The maximum Gasteiger partial charge on any atom is 0.225 e. The topological polar surface area (TPSA) is 23.6 Å². The maximum absolute atomic E-state index is 12.8. The molecule has 4 rings (SSSR count). The predicted molar refractivity (Wildman–Crippen MR) is 91.9 cm³/mol. The number of piperidine rings is 1. The van der Waals surface area contributed by atoms with Gasteiger partial charge in [0.05, 0.1) is 0 Å². The van der Waals surface area contributed by atoms with E-state index >= 15 is 0 Å². The molecule has 3 heteroatoms. The molecular formula is C20H28N2O. The summed E-state index contributed by atoms with van der Waals surface area (Å²) in [6.07, 6.45) is 7.26. The molecule has 3 fully saturated rings. The number of carbonyl (C=O) groups is 1. The Bertz CT molecular complexity index is 538. The standard InChI is InChI=1S/C20H28N2O/c23-20(17-9-5-2-6-10-17)21-12-11-18-14-22(19(18)15-21)13-16-7-3-1-4-8-16/h1,3-4,7-8,17-19H,2,5-6,9-15H2/t18-,19-/m1/s1. The van der Waals surface area contributed by atoms with Gasteiger partial charge in [-0.25, -0.2) is 0 Å². The van der Waals surface area contributed by atoms with Gasteiger partial charge in [-0.3, -0.25) is 9.69 Å². The highest BCUT2D eigenvalue weighted by molar-refractivity contribution is 5.79. The maximum atomic E-state index is 12.8. The molecule has 3 nitrogen and oxygen atoms in total. The zero-order valence-corrected chi connectivity index (χ0v) is 14.0. The molecule has 0 aromatic heterocycles. The normalized spacial score (nSPS) is 29.0. The van der Waals surface area contributed by atoms with E-state index in [1.165, 1.54) is 37.8 Å². The third-order valence-electron chi connectivity index (χ3n) is 6.15. The molecule has 124 valence electrons. The van der Waals surface area contributed by atoms with Gasteiger partial charge in [-0.1, -0.05) is 49.6 Å². The lowest BCUT2D eigenvalue weighted by atomic mass is 9.80. The average Bonchev–Trinajstić information content (AvgIpc) is 2.61. The van der Waals surface area contributed by atoms with E-state index in [1.807, 2.05) is 0 Å². The van der Waals surface area contributed by atoms with Gasteiger partial charge in [0, 0.05) is 38.1 Å². The fourth-order valence-electron chi connectivity index (χ4n) is 4.71. The summed E-state index contributed by atoms with van der Waals surface area (Å²) in [5.41, 5.74) is 1.39. The predicted octanol–water partition coefficient (Wildman–Crippen LogP) is 3.30. The van der Waals surface area contributed by atoms with Crippen LogP contribution >= 0.6 is 0 Å². The highest BCUT2D eigenvalue weighted by Crippen LogP contribution is 2.35. The summed E-state index contributed by atoms with van der Waals surface area (Å²) in [6, 6.07) is 11.3. The minimum atomic E-state index is 0.322. The lowest BCUT2D eigenvalue weighted by Crippen LogP contribution is -2.64. The molecule has 1 aromatic carbocycles. The van der Waals surface area contributed by atoms with Gasteiger partial charge >= 0.3 is 0 Å². The Balaban J connectivity index is 1.35. The van der Waals surface area contributed by atoms with Crippen molar-refractivity contribution in [3.63, 3.8) is 0 Å². The number of likely N-dealkylation sites (tertiary alicyclic amines) is 2. The van der Waals surface area contributed by atoms with Crippen molar-refractivity contribution < 1.29 is 4.79 Å². The van der Waals surface area contributed by atoms with Gasteiger partial charge in [0.2, 0.25) is 5.91 Å². The summed E-state index contributed by atoms with van der Waals surface area (Å²) in [7, 11) is 0.